The first-order chi connectivity index (χ1) is 14.4. The first kappa shape index (κ1) is 19.6. The van der Waals surface area contributed by atoms with Gasteiger partial charge in [0.1, 0.15) is 0 Å². The minimum atomic E-state index is -0.994. The summed E-state index contributed by atoms with van der Waals surface area (Å²) in [7, 11) is 0. The molecule has 2 aromatic carbocycles. The van der Waals surface area contributed by atoms with Gasteiger partial charge in [0.15, 0.2) is 6.10 Å². The second-order valence-corrected chi connectivity index (χ2v) is 7.19. The van der Waals surface area contributed by atoms with Crippen LogP contribution in [0, 0.1) is 0 Å². The Balaban J connectivity index is 1.49. The second kappa shape index (κ2) is 7.59. The van der Waals surface area contributed by atoms with Crippen LogP contribution < -0.4 is 4.90 Å². The number of nitrogens with zero attached hydrogens (tertiary/aromatic N) is 2. The third-order valence-electron chi connectivity index (χ3n) is 5.30. The molecule has 1 unspecified atom stereocenters. The molecule has 7 nitrogen and oxygen atoms in total. The summed E-state index contributed by atoms with van der Waals surface area (Å²) in [6, 6.07) is 11.8. The van der Waals surface area contributed by atoms with Crippen LogP contribution in [0.5, 0.6) is 0 Å². The van der Waals surface area contributed by atoms with Crippen molar-refractivity contribution in [3.8, 4) is 0 Å². The molecule has 2 heterocycles. The maximum atomic E-state index is 12.8. The zero-order chi connectivity index (χ0) is 21.4. The number of amides is 3. The number of carbonyl (C=O) groups excluding carboxylic acids is 4. The van der Waals surface area contributed by atoms with Crippen LogP contribution >= 0.6 is 0 Å². The van der Waals surface area contributed by atoms with Gasteiger partial charge in [-0.25, -0.2) is 4.79 Å². The van der Waals surface area contributed by atoms with Crippen molar-refractivity contribution in [3.05, 3.63) is 77.4 Å². The van der Waals surface area contributed by atoms with Gasteiger partial charge in [-0.1, -0.05) is 24.3 Å². The number of rotatable bonds is 5. The Morgan fingerprint density at radius 3 is 2.63 bits per heavy atom. The summed E-state index contributed by atoms with van der Waals surface area (Å²) in [6.07, 6.45) is 1.22. The van der Waals surface area contributed by atoms with Gasteiger partial charge in [-0.2, -0.15) is 0 Å². The number of benzene rings is 2. The smallest absolute Gasteiger partial charge is 0.338 e. The van der Waals surface area contributed by atoms with Gasteiger partial charge in [-0.15, -0.1) is 6.58 Å². The van der Waals surface area contributed by atoms with Crippen LogP contribution in [-0.2, 0) is 16.0 Å². The molecule has 0 aliphatic carbocycles. The van der Waals surface area contributed by atoms with E-state index in [9.17, 15) is 19.2 Å². The standard InChI is InChI=1S/C23H20N2O5/c1-3-11-25-21(27)17-9-8-16(13-18(17)22(25)28)23(29)30-14(2)20(26)24-12-10-15-6-4-5-7-19(15)24/h3-9,13-14H,1,10-12H2,2H3. The fraction of sp³-hybridized carbons (Fsp3) is 0.217. The van der Waals surface area contributed by atoms with Gasteiger partial charge in [-0.3, -0.25) is 19.3 Å². The van der Waals surface area contributed by atoms with E-state index in [0.717, 1.165) is 22.6 Å². The Morgan fingerprint density at radius 2 is 1.87 bits per heavy atom. The lowest BCUT2D eigenvalue weighted by atomic mass is 10.1. The average Bonchev–Trinajstić information content (AvgIpc) is 3.28. The summed E-state index contributed by atoms with van der Waals surface area (Å²) in [4.78, 5) is 52.8. The monoisotopic (exact) mass is 404 g/mol. The highest BCUT2D eigenvalue weighted by Gasteiger charge is 2.36. The molecule has 0 radical (unpaired) electrons. The van der Waals surface area contributed by atoms with Gasteiger partial charge in [0.2, 0.25) is 0 Å². The quantitative estimate of drug-likeness (QED) is 0.435. The van der Waals surface area contributed by atoms with Gasteiger partial charge in [0.05, 0.1) is 16.7 Å². The minimum Gasteiger partial charge on any atom is -0.449 e. The molecule has 0 saturated carbocycles. The van der Waals surface area contributed by atoms with Crippen LogP contribution in [0.4, 0.5) is 5.69 Å². The van der Waals surface area contributed by atoms with E-state index >= 15 is 0 Å². The number of para-hydroxylation sites is 1. The molecule has 0 bridgehead atoms. The third kappa shape index (κ3) is 3.18. The topological polar surface area (TPSA) is 84.0 Å². The molecule has 30 heavy (non-hydrogen) atoms. The van der Waals surface area contributed by atoms with Crippen LogP contribution in [0.1, 0.15) is 43.6 Å². The van der Waals surface area contributed by atoms with Gasteiger partial charge in [0.25, 0.3) is 17.7 Å². The van der Waals surface area contributed by atoms with Crippen molar-refractivity contribution >= 4 is 29.4 Å². The van der Waals surface area contributed by atoms with Crippen molar-refractivity contribution < 1.29 is 23.9 Å². The highest BCUT2D eigenvalue weighted by atomic mass is 16.5. The fourth-order valence-corrected chi connectivity index (χ4v) is 3.78. The summed E-state index contributed by atoms with van der Waals surface area (Å²) >= 11 is 0. The molecule has 2 aliphatic rings. The molecule has 7 heteroatoms. The first-order valence-electron chi connectivity index (χ1n) is 9.63. The molecular weight excluding hydrogens is 384 g/mol. The molecule has 2 aliphatic heterocycles. The first-order valence-corrected chi connectivity index (χ1v) is 9.63. The average molecular weight is 404 g/mol. The zero-order valence-corrected chi connectivity index (χ0v) is 16.5. The lowest BCUT2D eigenvalue weighted by Gasteiger charge is -2.21. The molecule has 1 atom stereocenters. The minimum absolute atomic E-state index is 0.0922. The summed E-state index contributed by atoms with van der Waals surface area (Å²) in [5, 5.41) is 0. The number of ether oxygens (including phenoxy) is 1. The predicted octanol–water partition coefficient (Wildman–Crippen LogP) is 2.60. The Hall–Kier alpha value is -3.74. The van der Waals surface area contributed by atoms with Crippen LogP contribution in [0.2, 0.25) is 0 Å². The number of imide groups is 1. The van der Waals surface area contributed by atoms with Gasteiger partial charge in [0, 0.05) is 18.8 Å². The summed E-state index contributed by atoms with van der Waals surface area (Å²) in [6.45, 7) is 5.69. The van der Waals surface area contributed by atoms with Gasteiger partial charge in [-0.05, 0) is 43.2 Å². The molecule has 4 rings (SSSR count). The molecule has 0 saturated heterocycles. The maximum absolute atomic E-state index is 12.8. The van der Waals surface area contributed by atoms with E-state index in [-0.39, 0.29) is 29.1 Å². The van der Waals surface area contributed by atoms with E-state index in [1.54, 1.807) is 4.90 Å². The molecule has 3 amide bonds. The fourth-order valence-electron chi connectivity index (χ4n) is 3.78. The van der Waals surface area contributed by atoms with Crippen molar-refractivity contribution in [3.63, 3.8) is 0 Å². The van der Waals surface area contributed by atoms with E-state index < -0.39 is 23.9 Å². The largest absolute Gasteiger partial charge is 0.449 e. The predicted molar refractivity (Wildman–Crippen MR) is 109 cm³/mol. The summed E-state index contributed by atoms with van der Waals surface area (Å²) < 4.78 is 5.37. The zero-order valence-electron chi connectivity index (χ0n) is 16.5. The number of hydrogen-bond donors (Lipinski definition) is 0. The van der Waals surface area contributed by atoms with Gasteiger partial charge >= 0.3 is 5.97 Å². The summed E-state index contributed by atoms with van der Waals surface area (Å²) in [5.74, 6) is -1.94. The lowest BCUT2D eigenvalue weighted by Crippen LogP contribution is -2.39. The lowest BCUT2D eigenvalue weighted by molar-refractivity contribution is -0.126. The number of hydrogen-bond acceptors (Lipinski definition) is 5. The van der Waals surface area contributed by atoms with E-state index in [4.69, 9.17) is 4.74 Å². The van der Waals surface area contributed by atoms with Crippen molar-refractivity contribution in [1.29, 1.82) is 0 Å². The van der Waals surface area contributed by atoms with E-state index in [1.807, 2.05) is 24.3 Å². The molecule has 0 N–H and O–H groups in total. The normalized spacial score (nSPS) is 15.6. The van der Waals surface area contributed by atoms with Gasteiger partial charge < -0.3 is 9.64 Å². The number of esters is 1. The molecule has 0 aromatic heterocycles. The Kier molecular flexibility index (Phi) is 4.95. The Labute approximate surface area is 173 Å². The van der Waals surface area contributed by atoms with Crippen LogP contribution in [0.15, 0.2) is 55.1 Å². The van der Waals surface area contributed by atoms with Crippen LogP contribution in [0.25, 0.3) is 0 Å². The molecule has 0 fully saturated rings. The Morgan fingerprint density at radius 1 is 1.13 bits per heavy atom. The number of fused-ring (bicyclic) bond motifs is 2. The SMILES string of the molecule is C=CCN1C(=O)c2ccc(C(=O)OC(C)C(=O)N3CCc4ccccc43)cc2C1=O. The van der Waals surface area contributed by atoms with Crippen molar-refractivity contribution in [2.45, 2.75) is 19.4 Å². The van der Waals surface area contributed by atoms with Crippen molar-refractivity contribution in [2.75, 3.05) is 18.0 Å². The van der Waals surface area contributed by atoms with Crippen LogP contribution in [-0.4, -0.2) is 47.8 Å². The molecule has 2 aromatic rings. The van der Waals surface area contributed by atoms with Crippen molar-refractivity contribution in [1.82, 2.24) is 4.90 Å². The van der Waals surface area contributed by atoms with Crippen molar-refractivity contribution in [2.24, 2.45) is 0 Å². The number of anilines is 1. The molecular formula is C23H20N2O5. The van der Waals surface area contributed by atoms with Crippen LogP contribution in [0.3, 0.4) is 0 Å². The number of carbonyl (C=O) groups is 4. The maximum Gasteiger partial charge on any atom is 0.338 e. The third-order valence-corrected chi connectivity index (χ3v) is 5.30. The highest BCUT2D eigenvalue weighted by Crippen LogP contribution is 2.29. The second-order valence-electron chi connectivity index (χ2n) is 7.19. The van der Waals surface area contributed by atoms with E-state index in [1.165, 1.54) is 31.2 Å². The van der Waals surface area contributed by atoms with E-state index in [0.29, 0.717) is 6.54 Å². The van der Waals surface area contributed by atoms with E-state index in [2.05, 4.69) is 6.58 Å². The molecule has 152 valence electrons. The summed E-state index contributed by atoms with van der Waals surface area (Å²) in [5.41, 5.74) is 2.39. The Bertz CT molecular complexity index is 1090. The molecule has 0 spiro atoms. The highest BCUT2D eigenvalue weighted by molar-refractivity contribution is 6.22.